The fourth-order valence-corrected chi connectivity index (χ4v) is 11.3. The summed E-state index contributed by atoms with van der Waals surface area (Å²) in [7, 11) is 0. The molecule has 2 aromatic heterocycles. The Morgan fingerprint density at radius 3 is 1.08 bits per heavy atom. The number of aromatic nitrogens is 2. The van der Waals surface area contributed by atoms with Crippen LogP contribution in [-0.2, 0) is 0 Å². The average molecular weight is 941 g/mol. The van der Waals surface area contributed by atoms with E-state index in [9.17, 15) is 0 Å². The van der Waals surface area contributed by atoms with Crippen LogP contribution in [0.15, 0.2) is 291 Å². The van der Waals surface area contributed by atoms with Gasteiger partial charge >= 0.3 is 0 Å². The number of nitrogens with zero attached hydrogens (tertiary/aromatic N) is 2. The first kappa shape index (κ1) is 43.1. The predicted molar refractivity (Wildman–Crippen MR) is 313 cm³/mol. The summed E-state index contributed by atoms with van der Waals surface area (Å²) in [6.45, 7) is 0. The molecule has 0 saturated heterocycles. The van der Waals surface area contributed by atoms with Gasteiger partial charge in [-0.1, -0.05) is 224 Å². The minimum atomic E-state index is 1.15. The molecule has 0 aliphatic carbocycles. The summed E-state index contributed by atoms with van der Waals surface area (Å²) in [5.41, 5.74) is 23.9. The smallest absolute Gasteiger partial charge is 0.0541 e. The van der Waals surface area contributed by atoms with Gasteiger partial charge in [-0.3, -0.25) is 0 Å². The molecule has 12 aromatic carbocycles. The van der Waals surface area contributed by atoms with Crippen molar-refractivity contribution in [3.63, 3.8) is 0 Å². The van der Waals surface area contributed by atoms with Gasteiger partial charge in [0.05, 0.1) is 27.8 Å². The van der Waals surface area contributed by atoms with Crippen LogP contribution in [0.5, 0.6) is 0 Å². The Labute approximate surface area is 431 Å². The summed E-state index contributed by atoms with van der Waals surface area (Å²) in [6.07, 6.45) is 0. The predicted octanol–water partition coefficient (Wildman–Crippen LogP) is 19.5. The van der Waals surface area contributed by atoms with Crippen LogP contribution in [0.25, 0.3) is 133 Å². The molecule has 0 N–H and O–H groups in total. The van der Waals surface area contributed by atoms with E-state index in [1.54, 1.807) is 0 Å². The Morgan fingerprint density at radius 1 is 0.176 bits per heavy atom. The summed E-state index contributed by atoms with van der Waals surface area (Å²) in [6, 6.07) is 106. The zero-order valence-electron chi connectivity index (χ0n) is 40.6. The molecule has 0 aliphatic rings. The molecule has 0 radical (unpaired) electrons. The van der Waals surface area contributed by atoms with Crippen molar-refractivity contribution in [1.29, 1.82) is 0 Å². The number of hydrogen-bond donors (Lipinski definition) is 0. The molecular formula is C72H48N2. The molecule has 2 nitrogen and oxygen atoms in total. The number of fused-ring (bicyclic) bond motifs is 6. The standard InChI is InChI=1S/C72H48N2/c1-3-16-49(17-4-1)51-32-34-52(35-33-51)55-20-13-22-57(44-55)58-23-14-21-56(45-58)53-36-38-54(39-37-53)63-26-7-10-29-68(63)74-70-31-12-9-28-65(70)67-48-61(41-43-72(67)74)60-40-42-71-66(47-60)64-27-8-11-30-69(64)73(71)62-25-15-24-59(46-62)50-18-5-2-6-19-50/h1-48H. The largest absolute Gasteiger partial charge is 0.309 e. The highest BCUT2D eigenvalue weighted by molar-refractivity contribution is 6.13. The highest BCUT2D eigenvalue weighted by Gasteiger charge is 2.18. The first-order valence-electron chi connectivity index (χ1n) is 25.5. The lowest BCUT2D eigenvalue weighted by Gasteiger charge is -2.15. The Hall–Kier alpha value is -9.76. The Balaban J connectivity index is 0.785. The fourth-order valence-electron chi connectivity index (χ4n) is 11.3. The Kier molecular flexibility index (Phi) is 10.6. The quantitative estimate of drug-likeness (QED) is 0.136. The third-order valence-electron chi connectivity index (χ3n) is 14.9. The summed E-state index contributed by atoms with van der Waals surface area (Å²) >= 11 is 0. The van der Waals surface area contributed by atoms with Crippen LogP contribution >= 0.6 is 0 Å². The van der Waals surface area contributed by atoms with Crippen LogP contribution in [0.1, 0.15) is 0 Å². The third kappa shape index (κ3) is 7.60. The molecule has 0 saturated carbocycles. The third-order valence-corrected chi connectivity index (χ3v) is 14.9. The lowest BCUT2D eigenvalue weighted by Crippen LogP contribution is -1.97. The van der Waals surface area contributed by atoms with Crippen molar-refractivity contribution in [2.24, 2.45) is 0 Å². The maximum Gasteiger partial charge on any atom is 0.0541 e. The van der Waals surface area contributed by atoms with Crippen molar-refractivity contribution >= 4 is 43.6 Å². The fraction of sp³-hybridized carbons (Fsp3) is 0. The summed E-state index contributed by atoms with van der Waals surface area (Å²) in [4.78, 5) is 0. The van der Waals surface area contributed by atoms with Gasteiger partial charge in [0, 0.05) is 32.8 Å². The van der Waals surface area contributed by atoms with Gasteiger partial charge in [0.15, 0.2) is 0 Å². The van der Waals surface area contributed by atoms with Gasteiger partial charge in [-0.05, 0) is 139 Å². The second-order valence-electron chi connectivity index (χ2n) is 19.3. The molecule has 0 amide bonds. The van der Waals surface area contributed by atoms with Crippen LogP contribution < -0.4 is 0 Å². The van der Waals surface area contributed by atoms with Gasteiger partial charge in [0.1, 0.15) is 0 Å². The lowest BCUT2D eigenvalue weighted by atomic mass is 9.94. The van der Waals surface area contributed by atoms with E-state index in [1.165, 1.54) is 122 Å². The Bertz CT molecular complexity index is 4390. The van der Waals surface area contributed by atoms with E-state index >= 15 is 0 Å². The topological polar surface area (TPSA) is 9.86 Å². The van der Waals surface area contributed by atoms with Crippen molar-refractivity contribution in [2.75, 3.05) is 0 Å². The number of rotatable bonds is 9. The molecule has 0 bridgehead atoms. The van der Waals surface area contributed by atoms with Gasteiger partial charge < -0.3 is 9.13 Å². The summed E-state index contributed by atoms with van der Waals surface area (Å²) < 4.78 is 4.86. The highest BCUT2D eigenvalue weighted by Crippen LogP contribution is 2.41. The van der Waals surface area contributed by atoms with Crippen LogP contribution in [-0.4, -0.2) is 9.13 Å². The second kappa shape index (κ2) is 18.1. The maximum absolute atomic E-state index is 2.45. The van der Waals surface area contributed by atoms with Gasteiger partial charge in [-0.25, -0.2) is 0 Å². The molecule has 2 heterocycles. The normalized spacial score (nSPS) is 11.5. The molecule has 74 heavy (non-hydrogen) atoms. The minimum absolute atomic E-state index is 1.15. The molecule has 14 rings (SSSR count). The zero-order chi connectivity index (χ0) is 49.0. The molecule has 346 valence electrons. The maximum atomic E-state index is 2.45. The van der Waals surface area contributed by atoms with Crippen molar-refractivity contribution in [3.05, 3.63) is 291 Å². The summed E-state index contributed by atoms with van der Waals surface area (Å²) in [5, 5.41) is 4.95. The second-order valence-corrected chi connectivity index (χ2v) is 19.3. The monoisotopic (exact) mass is 940 g/mol. The molecule has 0 spiro atoms. The molecule has 2 heteroatoms. The van der Waals surface area contributed by atoms with Crippen LogP contribution in [0, 0.1) is 0 Å². The van der Waals surface area contributed by atoms with Gasteiger partial charge in [0.25, 0.3) is 0 Å². The van der Waals surface area contributed by atoms with Gasteiger partial charge in [0.2, 0.25) is 0 Å². The minimum Gasteiger partial charge on any atom is -0.309 e. The molecular weight excluding hydrogens is 893 g/mol. The van der Waals surface area contributed by atoms with E-state index in [0.29, 0.717) is 0 Å². The van der Waals surface area contributed by atoms with Crippen LogP contribution in [0.4, 0.5) is 0 Å². The average Bonchev–Trinajstić information content (AvgIpc) is 4.02. The van der Waals surface area contributed by atoms with Crippen molar-refractivity contribution < 1.29 is 0 Å². The van der Waals surface area contributed by atoms with E-state index in [4.69, 9.17) is 0 Å². The Morgan fingerprint density at radius 2 is 0.514 bits per heavy atom. The molecule has 0 fully saturated rings. The van der Waals surface area contributed by atoms with E-state index < -0.39 is 0 Å². The van der Waals surface area contributed by atoms with Gasteiger partial charge in [-0.15, -0.1) is 0 Å². The molecule has 0 aliphatic heterocycles. The van der Waals surface area contributed by atoms with Crippen molar-refractivity contribution in [2.45, 2.75) is 0 Å². The van der Waals surface area contributed by atoms with Crippen molar-refractivity contribution in [3.8, 4) is 89.3 Å². The zero-order valence-corrected chi connectivity index (χ0v) is 40.6. The van der Waals surface area contributed by atoms with E-state index in [0.717, 1.165) is 11.4 Å². The van der Waals surface area contributed by atoms with Gasteiger partial charge in [-0.2, -0.15) is 0 Å². The SMILES string of the molecule is c1ccc(-c2ccc(-c3cccc(-c4cccc(-c5ccc(-c6ccccc6-n6c7ccccc7c7cc(-c8ccc9c(c8)c8ccccc8n9-c8cccc(-c9ccccc9)c8)ccc76)cc5)c4)c3)cc2)cc1. The first-order valence-corrected chi connectivity index (χ1v) is 25.5. The number of benzene rings is 12. The molecule has 14 aromatic rings. The van der Waals surface area contributed by atoms with Crippen LogP contribution in [0.2, 0.25) is 0 Å². The van der Waals surface area contributed by atoms with E-state index in [2.05, 4.69) is 300 Å². The van der Waals surface area contributed by atoms with Crippen molar-refractivity contribution in [1.82, 2.24) is 9.13 Å². The number of para-hydroxylation sites is 3. The highest BCUT2D eigenvalue weighted by atomic mass is 15.0. The molecule has 0 unspecified atom stereocenters. The molecule has 0 atom stereocenters. The number of hydrogen-bond acceptors (Lipinski definition) is 0. The first-order chi connectivity index (χ1) is 36.7. The van der Waals surface area contributed by atoms with E-state index in [1.807, 2.05) is 0 Å². The summed E-state index contributed by atoms with van der Waals surface area (Å²) in [5.74, 6) is 0. The van der Waals surface area contributed by atoms with Crippen LogP contribution in [0.3, 0.4) is 0 Å². The van der Waals surface area contributed by atoms with E-state index in [-0.39, 0.29) is 0 Å². The lowest BCUT2D eigenvalue weighted by molar-refractivity contribution is 1.18.